The Morgan fingerprint density at radius 2 is 2.27 bits per heavy atom. The number of ether oxygens (including phenoxy) is 1. The minimum absolute atomic E-state index is 0.668. The average Bonchev–Trinajstić information content (AvgIpc) is 2.67. The first-order valence-electron chi connectivity index (χ1n) is 5.35. The van der Waals surface area contributed by atoms with Crippen LogP contribution in [0.4, 0.5) is 0 Å². The number of aryl methyl sites for hydroxylation is 1. The fourth-order valence-corrected chi connectivity index (χ4v) is 3.16. The Morgan fingerprint density at radius 1 is 1.47 bits per heavy atom. The molecule has 1 aromatic rings. The van der Waals surface area contributed by atoms with Gasteiger partial charge in [-0.15, -0.1) is 0 Å². The lowest BCUT2D eigenvalue weighted by Gasteiger charge is -2.14. The highest BCUT2D eigenvalue weighted by Crippen LogP contribution is 2.39. The van der Waals surface area contributed by atoms with Gasteiger partial charge in [0.2, 0.25) is 0 Å². The van der Waals surface area contributed by atoms with Crippen molar-refractivity contribution in [2.75, 3.05) is 13.7 Å². The molecule has 0 fully saturated rings. The van der Waals surface area contributed by atoms with Crippen LogP contribution in [0.15, 0.2) is 10.5 Å². The van der Waals surface area contributed by atoms with E-state index in [1.54, 1.807) is 7.11 Å². The van der Waals surface area contributed by atoms with Gasteiger partial charge in [-0.2, -0.15) is 0 Å². The highest BCUT2D eigenvalue weighted by Gasteiger charge is 2.19. The molecule has 0 amide bonds. The van der Waals surface area contributed by atoms with Crippen molar-refractivity contribution < 1.29 is 4.74 Å². The second-order valence-corrected chi connectivity index (χ2v) is 4.71. The number of methoxy groups -OCH3 is 1. The molecule has 1 aliphatic carbocycles. The number of halogens is 1. The molecule has 0 radical (unpaired) electrons. The highest BCUT2D eigenvalue weighted by molar-refractivity contribution is 9.10. The number of rotatable bonds is 3. The summed E-state index contributed by atoms with van der Waals surface area (Å²) in [5.74, 6) is 0.973. The fraction of sp³-hybridized carbons (Fsp3) is 0.500. The van der Waals surface area contributed by atoms with Crippen molar-refractivity contribution in [3.05, 3.63) is 27.2 Å². The lowest BCUT2D eigenvalue weighted by molar-refractivity contribution is 0.406. The van der Waals surface area contributed by atoms with Gasteiger partial charge in [-0.1, -0.05) is 6.07 Å². The maximum absolute atomic E-state index is 5.61. The van der Waals surface area contributed by atoms with Crippen molar-refractivity contribution in [2.45, 2.75) is 25.7 Å². The van der Waals surface area contributed by atoms with E-state index in [1.165, 1.54) is 29.5 Å². The summed E-state index contributed by atoms with van der Waals surface area (Å²) in [5, 5.41) is 0. The molecule has 0 aromatic heterocycles. The van der Waals surface area contributed by atoms with Gasteiger partial charge in [-0.25, -0.2) is 0 Å². The minimum atomic E-state index is 0.668. The summed E-state index contributed by atoms with van der Waals surface area (Å²) < 4.78 is 6.59. The van der Waals surface area contributed by atoms with Gasteiger partial charge < -0.3 is 10.5 Å². The first-order chi connectivity index (χ1) is 7.27. The van der Waals surface area contributed by atoms with Gasteiger partial charge in [0.15, 0.2) is 0 Å². The number of hydrogen-bond acceptors (Lipinski definition) is 2. The molecule has 0 atom stereocenters. The van der Waals surface area contributed by atoms with E-state index >= 15 is 0 Å². The molecular formula is C12H16BrNO. The van der Waals surface area contributed by atoms with Crippen molar-refractivity contribution in [3.63, 3.8) is 0 Å². The minimum Gasteiger partial charge on any atom is -0.495 e. The van der Waals surface area contributed by atoms with E-state index in [9.17, 15) is 0 Å². The zero-order valence-corrected chi connectivity index (χ0v) is 10.6. The zero-order chi connectivity index (χ0) is 10.8. The molecule has 1 aromatic carbocycles. The standard InChI is InChI=1S/C12H16BrNO/c1-15-12-9(5-6-14)7-8-3-2-4-10(8)11(12)13/h7H,2-6,14H2,1H3. The van der Waals surface area contributed by atoms with E-state index < -0.39 is 0 Å². The maximum Gasteiger partial charge on any atom is 0.136 e. The lowest BCUT2D eigenvalue weighted by Crippen LogP contribution is -2.06. The van der Waals surface area contributed by atoms with Gasteiger partial charge in [0.05, 0.1) is 11.6 Å². The van der Waals surface area contributed by atoms with Crippen LogP contribution < -0.4 is 10.5 Å². The topological polar surface area (TPSA) is 35.2 Å². The second kappa shape index (κ2) is 4.54. The van der Waals surface area contributed by atoms with Crippen LogP contribution in [0, 0.1) is 0 Å². The molecular weight excluding hydrogens is 254 g/mol. The monoisotopic (exact) mass is 269 g/mol. The van der Waals surface area contributed by atoms with E-state index in [-0.39, 0.29) is 0 Å². The smallest absolute Gasteiger partial charge is 0.136 e. The summed E-state index contributed by atoms with van der Waals surface area (Å²) in [6.45, 7) is 0.668. The summed E-state index contributed by atoms with van der Waals surface area (Å²) in [7, 11) is 1.72. The van der Waals surface area contributed by atoms with Gasteiger partial charge in [0.25, 0.3) is 0 Å². The van der Waals surface area contributed by atoms with Gasteiger partial charge in [0, 0.05) is 0 Å². The molecule has 0 unspecified atom stereocenters. The van der Waals surface area contributed by atoms with Crippen LogP contribution in [0.5, 0.6) is 5.75 Å². The van der Waals surface area contributed by atoms with E-state index in [1.807, 2.05) is 0 Å². The normalized spacial score (nSPS) is 14.1. The van der Waals surface area contributed by atoms with Crippen molar-refractivity contribution in [1.82, 2.24) is 0 Å². The summed E-state index contributed by atoms with van der Waals surface area (Å²) in [5.41, 5.74) is 9.73. The molecule has 0 saturated heterocycles. The molecule has 2 rings (SSSR count). The Bertz CT molecular complexity index is 376. The maximum atomic E-state index is 5.61. The van der Waals surface area contributed by atoms with Crippen LogP contribution in [-0.2, 0) is 19.3 Å². The Kier molecular flexibility index (Phi) is 3.32. The molecule has 82 valence electrons. The van der Waals surface area contributed by atoms with E-state index in [0.29, 0.717) is 6.54 Å². The molecule has 2 nitrogen and oxygen atoms in total. The van der Waals surface area contributed by atoms with E-state index in [4.69, 9.17) is 10.5 Å². The number of nitrogens with two attached hydrogens (primary N) is 1. The third kappa shape index (κ3) is 1.91. The third-order valence-corrected chi connectivity index (χ3v) is 3.82. The predicted molar refractivity (Wildman–Crippen MR) is 65.5 cm³/mol. The van der Waals surface area contributed by atoms with Crippen LogP contribution >= 0.6 is 15.9 Å². The molecule has 0 aliphatic heterocycles. The van der Waals surface area contributed by atoms with Crippen LogP contribution in [0.1, 0.15) is 23.1 Å². The summed E-state index contributed by atoms with van der Waals surface area (Å²) in [6, 6.07) is 2.26. The van der Waals surface area contributed by atoms with Gasteiger partial charge >= 0.3 is 0 Å². The molecule has 15 heavy (non-hydrogen) atoms. The Morgan fingerprint density at radius 3 is 2.93 bits per heavy atom. The van der Waals surface area contributed by atoms with Crippen molar-refractivity contribution in [3.8, 4) is 5.75 Å². The first kappa shape index (κ1) is 11.0. The van der Waals surface area contributed by atoms with Crippen molar-refractivity contribution >= 4 is 15.9 Å². The highest BCUT2D eigenvalue weighted by atomic mass is 79.9. The van der Waals surface area contributed by atoms with E-state index in [0.717, 1.165) is 23.1 Å². The van der Waals surface area contributed by atoms with E-state index in [2.05, 4.69) is 22.0 Å². The number of fused-ring (bicyclic) bond motifs is 1. The summed E-state index contributed by atoms with van der Waals surface area (Å²) in [6.07, 6.45) is 4.49. The Balaban J connectivity index is 2.51. The molecule has 0 spiro atoms. The number of hydrogen-bond donors (Lipinski definition) is 1. The summed E-state index contributed by atoms with van der Waals surface area (Å²) in [4.78, 5) is 0. The molecule has 0 bridgehead atoms. The second-order valence-electron chi connectivity index (χ2n) is 3.91. The molecule has 0 heterocycles. The average molecular weight is 270 g/mol. The van der Waals surface area contributed by atoms with Crippen LogP contribution in [0.3, 0.4) is 0 Å². The lowest BCUT2D eigenvalue weighted by atomic mass is 10.0. The van der Waals surface area contributed by atoms with Crippen LogP contribution in [0.25, 0.3) is 0 Å². The fourth-order valence-electron chi connectivity index (χ4n) is 2.29. The SMILES string of the molecule is COc1c(CCN)cc2c(c1Br)CCC2. The van der Waals surface area contributed by atoms with Crippen LogP contribution in [-0.4, -0.2) is 13.7 Å². The number of benzene rings is 1. The molecule has 0 saturated carbocycles. The predicted octanol–water partition coefficient (Wildman–Crippen LogP) is 2.45. The van der Waals surface area contributed by atoms with Crippen LogP contribution in [0.2, 0.25) is 0 Å². The first-order valence-corrected chi connectivity index (χ1v) is 6.14. The zero-order valence-electron chi connectivity index (χ0n) is 8.98. The third-order valence-electron chi connectivity index (χ3n) is 2.98. The van der Waals surface area contributed by atoms with Crippen molar-refractivity contribution in [1.29, 1.82) is 0 Å². The molecule has 1 aliphatic rings. The quantitative estimate of drug-likeness (QED) is 0.915. The van der Waals surface area contributed by atoms with Crippen molar-refractivity contribution in [2.24, 2.45) is 5.73 Å². The Hall–Kier alpha value is -0.540. The van der Waals surface area contributed by atoms with Gasteiger partial charge in [0.1, 0.15) is 5.75 Å². The largest absolute Gasteiger partial charge is 0.495 e. The van der Waals surface area contributed by atoms with Gasteiger partial charge in [-0.05, 0) is 64.8 Å². The molecule has 3 heteroatoms. The van der Waals surface area contributed by atoms with Gasteiger partial charge in [-0.3, -0.25) is 0 Å². The Labute approximate surface area is 98.9 Å². The summed E-state index contributed by atoms with van der Waals surface area (Å²) >= 11 is 3.65. The molecule has 2 N–H and O–H groups in total.